The molecule has 1 atom stereocenters. The molecule has 1 unspecified atom stereocenters. The highest BCUT2D eigenvalue weighted by Gasteiger charge is 2.21. The molecule has 1 amide bonds. The minimum absolute atomic E-state index is 0.253. The van der Waals surface area contributed by atoms with Crippen LogP contribution >= 0.6 is 0 Å². The first-order chi connectivity index (χ1) is 8.38. The van der Waals surface area contributed by atoms with Crippen LogP contribution in [-0.2, 0) is 0 Å². The summed E-state index contributed by atoms with van der Waals surface area (Å²) in [6.07, 6.45) is 0. The topological polar surface area (TPSA) is 83.7 Å². The SMILES string of the molecule is CC(CO)N(C)C(=O)c1ccc([N+](=O)[O-])cc1F. The van der Waals surface area contributed by atoms with E-state index in [9.17, 15) is 19.3 Å². The average Bonchev–Trinajstić information content (AvgIpc) is 2.35. The van der Waals surface area contributed by atoms with Gasteiger partial charge in [-0.05, 0) is 13.0 Å². The molecule has 0 saturated heterocycles. The van der Waals surface area contributed by atoms with Gasteiger partial charge in [-0.25, -0.2) is 4.39 Å². The number of likely N-dealkylation sites (N-methyl/N-ethyl adjacent to an activating group) is 1. The molecule has 0 bridgehead atoms. The molecule has 0 spiro atoms. The molecule has 7 heteroatoms. The Labute approximate surface area is 103 Å². The van der Waals surface area contributed by atoms with Gasteiger partial charge in [-0.15, -0.1) is 0 Å². The molecule has 0 aromatic heterocycles. The molecule has 0 aliphatic carbocycles. The number of amides is 1. The standard InChI is InChI=1S/C11H13FN2O4/c1-7(6-15)13(2)11(16)9-4-3-8(14(17)18)5-10(9)12/h3-5,7,15H,6H2,1-2H3. The Balaban J connectivity index is 3.04. The molecule has 18 heavy (non-hydrogen) atoms. The van der Waals surface area contributed by atoms with Crippen molar-refractivity contribution < 1.29 is 19.2 Å². The third-order valence-corrected chi connectivity index (χ3v) is 2.64. The second kappa shape index (κ2) is 5.54. The number of nitro benzene ring substituents is 1. The maximum Gasteiger partial charge on any atom is 0.272 e. The first-order valence-electron chi connectivity index (χ1n) is 5.20. The van der Waals surface area contributed by atoms with Crippen molar-refractivity contribution in [3.05, 3.63) is 39.7 Å². The van der Waals surface area contributed by atoms with Crippen LogP contribution in [0, 0.1) is 15.9 Å². The van der Waals surface area contributed by atoms with Crippen molar-refractivity contribution in [2.45, 2.75) is 13.0 Å². The minimum Gasteiger partial charge on any atom is -0.394 e. The fourth-order valence-corrected chi connectivity index (χ4v) is 1.30. The number of aliphatic hydroxyl groups excluding tert-OH is 1. The van der Waals surface area contributed by atoms with Gasteiger partial charge in [0.25, 0.3) is 11.6 Å². The molecule has 1 aromatic rings. The number of carbonyl (C=O) groups is 1. The van der Waals surface area contributed by atoms with Crippen LogP contribution in [-0.4, -0.2) is 40.5 Å². The fourth-order valence-electron chi connectivity index (χ4n) is 1.30. The number of benzene rings is 1. The summed E-state index contributed by atoms with van der Waals surface area (Å²) in [6.45, 7) is 1.35. The highest BCUT2D eigenvalue weighted by molar-refractivity contribution is 5.94. The molecule has 0 saturated carbocycles. The maximum absolute atomic E-state index is 13.6. The summed E-state index contributed by atoms with van der Waals surface area (Å²) in [7, 11) is 1.42. The number of halogens is 1. The normalized spacial score (nSPS) is 12.0. The van der Waals surface area contributed by atoms with E-state index in [1.807, 2.05) is 0 Å². The lowest BCUT2D eigenvalue weighted by molar-refractivity contribution is -0.385. The van der Waals surface area contributed by atoms with Crippen LogP contribution in [0.4, 0.5) is 10.1 Å². The van der Waals surface area contributed by atoms with Gasteiger partial charge >= 0.3 is 0 Å². The second-order valence-corrected chi connectivity index (χ2v) is 3.87. The van der Waals surface area contributed by atoms with Crippen molar-refractivity contribution in [3.8, 4) is 0 Å². The van der Waals surface area contributed by atoms with Crippen molar-refractivity contribution in [3.63, 3.8) is 0 Å². The molecule has 0 heterocycles. The van der Waals surface area contributed by atoms with Crippen LogP contribution in [0.25, 0.3) is 0 Å². The van der Waals surface area contributed by atoms with E-state index in [1.165, 1.54) is 11.9 Å². The number of hydrogen-bond acceptors (Lipinski definition) is 4. The fraction of sp³-hybridized carbons (Fsp3) is 0.364. The Morgan fingerprint density at radius 1 is 1.61 bits per heavy atom. The van der Waals surface area contributed by atoms with Crippen molar-refractivity contribution in [1.29, 1.82) is 0 Å². The van der Waals surface area contributed by atoms with Gasteiger partial charge in [0.15, 0.2) is 0 Å². The van der Waals surface area contributed by atoms with Crippen LogP contribution in [0.5, 0.6) is 0 Å². The number of non-ortho nitro benzene ring substituents is 1. The van der Waals surface area contributed by atoms with Crippen LogP contribution in [0.2, 0.25) is 0 Å². The third kappa shape index (κ3) is 2.80. The van der Waals surface area contributed by atoms with Gasteiger partial charge in [0.2, 0.25) is 0 Å². The highest BCUT2D eigenvalue weighted by Crippen LogP contribution is 2.18. The lowest BCUT2D eigenvalue weighted by Gasteiger charge is -2.23. The van der Waals surface area contributed by atoms with Gasteiger partial charge in [-0.2, -0.15) is 0 Å². The van der Waals surface area contributed by atoms with Crippen molar-refractivity contribution in [2.24, 2.45) is 0 Å². The summed E-state index contributed by atoms with van der Waals surface area (Å²) in [5.41, 5.74) is -0.676. The third-order valence-electron chi connectivity index (χ3n) is 2.64. The molecule has 98 valence electrons. The monoisotopic (exact) mass is 256 g/mol. The Kier molecular flexibility index (Phi) is 4.33. The zero-order valence-corrected chi connectivity index (χ0v) is 9.96. The van der Waals surface area contributed by atoms with Crippen LogP contribution < -0.4 is 0 Å². The van der Waals surface area contributed by atoms with Gasteiger partial charge in [0.1, 0.15) is 5.82 Å². The summed E-state index contributed by atoms with van der Waals surface area (Å²) in [4.78, 5) is 22.7. The summed E-state index contributed by atoms with van der Waals surface area (Å²) < 4.78 is 13.6. The van der Waals surface area contributed by atoms with Gasteiger partial charge in [-0.3, -0.25) is 14.9 Å². The van der Waals surface area contributed by atoms with Gasteiger partial charge < -0.3 is 10.0 Å². The minimum atomic E-state index is -0.953. The highest BCUT2D eigenvalue weighted by atomic mass is 19.1. The number of aliphatic hydroxyl groups is 1. The molecule has 0 fully saturated rings. The van der Waals surface area contributed by atoms with Crippen LogP contribution in [0.3, 0.4) is 0 Å². The number of hydrogen-bond donors (Lipinski definition) is 1. The molecule has 6 nitrogen and oxygen atoms in total. The molecular formula is C11H13FN2O4. The first-order valence-corrected chi connectivity index (χ1v) is 5.20. The predicted molar refractivity (Wildman–Crippen MR) is 61.7 cm³/mol. The van der Waals surface area contributed by atoms with Crippen molar-refractivity contribution >= 4 is 11.6 Å². The lowest BCUT2D eigenvalue weighted by atomic mass is 10.1. The Hall–Kier alpha value is -2.02. The maximum atomic E-state index is 13.6. The number of nitro groups is 1. The predicted octanol–water partition coefficient (Wildman–Crippen LogP) is 1.19. The zero-order valence-electron chi connectivity index (χ0n) is 9.96. The lowest BCUT2D eigenvalue weighted by Crippen LogP contribution is -2.37. The molecular weight excluding hydrogens is 243 g/mol. The number of nitrogens with zero attached hydrogens (tertiary/aromatic N) is 2. The summed E-state index contributed by atoms with van der Waals surface area (Å²) in [5.74, 6) is -1.59. The van der Waals surface area contributed by atoms with E-state index < -0.39 is 28.4 Å². The molecule has 1 N–H and O–H groups in total. The largest absolute Gasteiger partial charge is 0.394 e. The summed E-state index contributed by atoms with van der Waals surface area (Å²) >= 11 is 0. The van der Waals surface area contributed by atoms with Crippen molar-refractivity contribution in [2.75, 3.05) is 13.7 Å². The van der Waals surface area contributed by atoms with Gasteiger partial charge in [0, 0.05) is 13.1 Å². The van der Waals surface area contributed by atoms with E-state index in [4.69, 9.17) is 5.11 Å². The van der Waals surface area contributed by atoms with E-state index in [1.54, 1.807) is 6.92 Å². The smallest absolute Gasteiger partial charge is 0.272 e. The molecule has 0 aliphatic heterocycles. The Bertz CT molecular complexity index is 478. The van der Waals surface area contributed by atoms with E-state index in [0.29, 0.717) is 6.07 Å². The second-order valence-electron chi connectivity index (χ2n) is 3.87. The van der Waals surface area contributed by atoms with E-state index in [0.717, 1.165) is 12.1 Å². The number of carbonyl (C=O) groups excluding carboxylic acids is 1. The van der Waals surface area contributed by atoms with Gasteiger partial charge in [0.05, 0.1) is 29.2 Å². The van der Waals surface area contributed by atoms with E-state index in [-0.39, 0.29) is 12.2 Å². The van der Waals surface area contributed by atoms with Crippen LogP contribution in [0.1, 0.15) is 17.3 Å². The van der Waals surface area contributed by atoms with Crippen molar-refractivity contribution in [1.82, 2.24) is 4.90 Å². The molecule has 0 radical (unpaired) electrons. The summed E-state index contributed by atoms with van der Waals surface area (Å²) in [6, 6.07) is 2.36. The van der Waals surface area contributed by atoms with E-state index in [2.05, 4.69) is 0 Å². The Morgan fingerprint density at radius 3 is 2.67 bits per heavy atom. The Morgan fingerprint density at radius 2 is 2.22 bits per heavy atom. The molecule has 0 aliphatic rings. The molecule has 1 rings (SSSR count). The quantitative estimate of drug-likeness (QED) is 0.647. The average molecular weight is 256 g/mol. The van der Waals surface area contributed by atoms with E-state index >= 15 is 0 Å². The number of rotatable bonds is 4. The first kappa shape index (κ1) is 14.0. The zero-order chi connectivity index (χ0) is 13.9. The summed E-state index contributed by atoms with van der Waals surface area (Å²) in [5, 5.41) is 19.3. The van der Waals surface area contributed by atoms with Crippen LogP contribution in [0.15, 0.2) is 18.2 Å². The molecule has 1 aromatic carbocycles. The van der Waals surface area contributed by atoms with Gasteiger partial charge in [-0.1, -0.05) is 0 Å².